The van der Waals surface area contributed by atoms with Crippen LogP contribution < -0.4 is 5.73 Å². The lowest BCUT2D eigenvalue weighted by molar-refractivity contribution is -0.108. The highest BCUT2D eigenvalue weighted by Gasteiger charge is 2.42. The molecule has 3 heteroatoms. The lowest BCUT2D eigenvalue weighted by Gasteiger charge is -2.42. The van der Waals surface area contributed by atoms with E-state index in [1.807, 2.05) is 0 Å². The Labute approximate surface area is 110 Å². The molecule has 0 aromatic heterocycles. The zero-order valence-corrected chi connectivity index (χ0v) is 11.4. The van der Waals surface area contributed by atoms with Crippen molar-refractivity contribution in [2.45, 2.75) is 75.5 Å². The summed E-state index contributed by atoms with van der Waals surface area (Å²) in [6.07, 6.45) is 11.4. The Hall–Kier alpha value is -0.120. The first-order valence-electron chi connectivity index (χ1n) is 7.80. The summed E-state index contributed by atoms with van der Waals surface area (Å²) in [7, 11) is 0. The van der Waals surface area contributed by atoms with E-state index < -0.39 is 0 Å². The molecule has 0 amide bonds. The highest BCUT2D eigenvalue weighted by molar-refractivity contribution is 4.95. The Kier molecular flexibility index (Phi) is 3.92. The summed E-state index contributed by atoms with van der Waals surface area (Å²) in [6, 6.07) is 0.228. The van der Waals surface area contributed by atoms with Crippen LogP contribution in [-0.2, 0) is 9.47 Å². The zero-order chi connectivity index (χ0) is 12.4. The van der Waals surface area contributed by atoms with Crippen LogP contribution in [0.2, 0.25) is 0 Å². The second-order valence-electron chi connectivity index (χ2n) is 6.47. The molecular weight excluding hydrogens is 226 g/mol. The van der Waals surface area contributed by atoms with Gasteiger partial charge in [-0.25, -0.2) is 0 Å². The van der Waals surface area contributed by atoms with Gasteiger partial charge in [-0.2, -0.15) is 0 Å². The van der Waals surface area contributed by atoms with Crippen LogP contribution in [0.5, 0.6) is 0 Å². The maximum Gasteiger partial charge on any atom is 0.0728 e. The van der Waals surface area contributed by atoms with Crippen molar-refractivity contribution in [2.75, 3.05) is 13.2 Å². The smallest absolute Gasteiger partial charge is 0.0728 e. The van der Waals surface area contributed by atoms with E-state index in [9.17, 15) is 0 Å². The number of hydrogen-bond acceptors (Lipinski definition) is 3. The molecule has 3 atom stereocenters. The number of nitrogens with two attached hydrogens (primary N) is 1. The molecule has 1 saturated carbocycles. The molecule has 1 spiro atoms. The van der Waals surface area contributed by atoms with Gasteiger partial charge in [-0.15, -0.1) is 0 Å². The van der Waals surface area contributed by atoms with Crippen LogP contribution in [0, 0.1) is 5.92 Å². The minimum Gasteiger partial charge on any atom is -0.377 e. The highest BCUT2D eigenvalue weighted by atomic mass is 16.5. The van der Waals surface area contributed by atoms with Crippen LogP contribution in [0.4, 0.5) is 0 Å². The van der Waals surface area contributed by atoms with Gasteiger partial charge < -0.3 is 15.2 Å². The van der Waals surface area contributed by atoms with Crippen LogP contribution >= 0.6 is 0 Å². The Bertz CT molecular complexity index is 270. The van der Waals surface area contributed by atoms with Crippen molar-refractivity contribution in [3.8, 4) is 0 Å². The molecule has 104 valence electrons. The summed E-state index contributed by atoms with van der Waals surface area (Å²) >= 11 is 0. The topological polar surface area (TPSA) is 44.5 Å². The van der Waals surface area contributed by atoms with Crippen LogP contribution in [0.25, 0.3) is 0 Å². The van der Waals surface area contributed by atoms with Crippen molar-refractivity contribution in [1.82, 2.24) is 0 Å². The molecule has 2 N–H and O–H groups in total. The van der Waals surface area contributed by atoms with Crippen molar-refractivity contribution in [3.05, 3.63) is 0 Å². The van der Waals surface area contributed by atoms with Crippen molar-refractivity contribution in [1.29, 1.82) is 0 Å². The molecular formula is C15H27NO2. The van der Waals surface area contributed by atoms with Gasteiger partial charge in [0.2, 0.25) is 0 Å². The largest absolute Gasteiger partial charge is 0.377 e. The minimum atomic E-state index is 0.190. The maximum atomic E-state index is 6.49. The average molecular weight is 253 g/mol. The molecule has 3 fully saturated rings. The average Bonchev–Trinajstić information content (AvgIpc) is 2.87. The van der Waals surface area contributed by atoms with Gasteiger partial charge in [-0.05, 0) is 50.9 Å². The molecule has 2 aliphatic heterocycles. The van der Waals surface area contributed by atoms with Gasteiger partial charge in [0.1, 0.15) is 0 Å². The SMILES string of the molecule is NC(C1CCOC2(CCCC2)C1)C1CCCCO1. The maximum absolute atomic E-state index is 6.49. The predicted molar refractivity (Wildman–Crippen MR) is 71.4 cm³/mol. The first-order chi connectivity index (χ1) is 8.79. The molecule has 18 heavy (non-hydrogen) atoms. The summed E-state index contributed by atoms with van der Waals surface area (Å²) in [4.78, 5) is 0. The first kappa shape index (κ1) is 12.9. The fourth-order valence-electron chi connectivity index (χ4n) is 4.13. The van der Waals surface area contributed by atoms with Gasteiger partial charge >= 0.3 is 0 Å². The fraction of sp³-hybridized carbons (Fsp3) is 1.00. The second kappa shape index (κ2) is 5.48. The molecule has 1 aliphatic carbocycles. The Morgan fingerprint density at radius 3 is 2.56 bits per heavy atom. The molecule has 3 aliphatic rings. The summed E-state index contributed by atoms with van der Waals surface area (Å²) in [5, 5.41) is 0. The van der Waals surface area contributed by atoms with Crippen LogP contribution in [-0.4, -0.2) is 31.0 Å². The summed E-state index contributed by atoms with van der Waals surface area (Å²) < 4.78 is 12.0. The number of rotatable bonds is 2. The number of hydrogen-bond donors (Lipinski definition) is 1. The van der Waals surface area contributed by atoms with E-state index in [2.05, 4.69) is 0 Å². The quantitative estimate of drug-likeness (QED) is 0.822. The Balaban J connectivity index is 1.60. The van der Waals surface area contributed by atoms with Crippen LogP contribution in [0.3, 0.4) is 0 Å². The molecule has 0 bridgehead atoms. The zero-order valence-electron chi connectivity index (χ0n) is 11.4. The first-order valence-corrected chi connectivity index (χ1v) is 7.80. The van der Waals surface area contributed by atoms with Gasteiger partial charge in [0.25, 0.3) is 0 Å². The fourth-order valence-corrected chi connectivity index (χ4v) is 4.13. The van der Waals surface area contributed by atoms with Crippen molar-refractivity contribution >= 4 is 0 Å². The molecule has 0 aromatic rings. The summed E-state index contributed by atoms with van der Waals surface area (Å²) in [5.74, 6) is 0.611. The van der Waals surface area contributed by atoms with E-state index >= 15 is 0 Å². The molecule has 3 unspecified atom stereocenters. The van der Waals surface area contributed by atoms with Gasteiger partial charge in [0.05, 0.1) is 11.7 Å². The third-order valence-corrected chi connectivity index (χ3v) is 5.23. The van der Waals surface area contributed by atoms with E-state index in [-0.39, 0.29) is 11.6 Å². The van der Waals surface area contributed by atoms with E-state index in [4.69, 9.17) is 15.2 Å². The molecule has 3 rings (SSSR count). The van der Waals surface area contributed by atoms with Crippen molar-refractivity contribution in [3.63, 3.8) is 0 Å². The summed E-state index contributed by atoms with van der Waals surface area (Å²) in [6.45, 7) is 1.82. The second-order valence-corrected chi connectivity index (χ2v) is 6.47. The monoisotopic (exact) mass is 253 g/mol. The normalized spacial score (nSPS) is 37.8. The van der Waals surface area contributed by atoms with Crippen molar-refractivity contribution < 1.29 is 9.47 Å². The lowest BCUT2D eigenvalue weighted by Crippen LogP contribution is -2.50. The lowest BCUT2D eigenvalue weighted by atomic mass is 9.78. The third kappa shape index (κ3) is 2.59. The Morgan fingerprint density at radius 1 is 1.00 bits per heavy atom. The molecule has 0 radical (unpaired) electrons. The van der Waals surface area contributed by atoms with E-state index in [1.165, 1.54) is 44.9 Å². The molecule has 2 heterocycles. The van der Waals surface area contributed by atoms with E-state index in [1.54, 1.807) is 0 Å². The van der Waals surface area contributed by atoms with Crippen LogP contribution in [0.1, 0.15) is 57.8 Å². The highest BCUT2D eigenvalue weighted by Crippen LogP contribution is 2.43. The Morgan fingerprint density at radius 2 is 1.83 bits per heavy atom. The van der Waals surface area contributed by atoms with Gasteiger partial charge in [0, 0.05) is 19.3 Å². The number of ether oxygens (including phenoxy) is 2. The minimum absolute atomic E-state index is 0.190. The predicted octanol–water partition coefficient (Wildman–Crippen LogP) is 2.62. The third-order valence-electron chi connectivity index (χ3n) is 5.23. The van der Waals surface area contributed by atoms with Gasteiger partial charge in [0.15, 0.2) is 0 Å². The summed E-state index contributed by atoms with van der Waals surface area (Å²) in [5.41, 5.74) is 6.68. The molecule has 2 saturated heterocycles. The molecule has 3 nitrogen and oxygen atoms in total. The van der Waals surface area contributed by atoms with Gasteiger partial charge in [-0.3, -0.25) is 0 Å². The van der Waals surface area contributed by atoms with Crippen LogP contribution in [0.15, 0.2) is 0 Å². The molecule has 0 aromatic carbocycles. The van der Waals surface area contributed by atoms with E-state index in [0.717, 1.165) is 26.1 Å². The standard InChI is InChI=1S/C15H27NO2/c16-14(13-5-1-4-9-17-13)12-6-10-18-15(11-12)7-2-3-8-15/h12-14H,1-11,16H2. The van der Waals surface area contributed by atoms with Crippen molar-refractivity contribution in [2.24, 2.45) is 11.7 Å². The van der Waals surface area contributed by atoms with Gasteiger partial charge in [-0.1, -0.05) is 12.8 Å². The van der Waals surface area contributed by atoms with E-state index in [0.29, 0.717) is 12.0 Å².